The van der Waals surface area contributed by atoms with Crippen LogP contribution in [-0.2, 0) is 4.74 Å². The minimum atomic E-state index is -0.368. The van der Waals surface area contributed by atoms with Crippen LogP contribution in [0.2, 0.25) is 0 Å². The van der Waals surface area contributed by atoms with Crippen LogP contribution >= 0.6 is 0 Å². The fourth-order valence-corrected chi connectivity index (χ4v) is 1.72. The summed E-state index contributed by atoms with van der Waals surface area (Å²) in [5.41, 5.74) is 6.51. The van der Waals surface area contributed by atoms with E-state index in [4.69, 9.17) is 10.5 Å². The summed E-state index contributed by atoms with van der Waals surface area (Å²) in [6.07, 6.45) is 1.88. The molecule has 0 atom stereocenters. The van der Waals surface area contributed by atoms with Gasteiger partial charge in [0, 0.05) is 19.3 Å². The average Bonchev–Trinajstić information content (AvgIpc) is 2.26. The third kappa shape index (κ3) is 2.39. The molecule has 0 unspecified atom stereocenters. The van der Waals surface area contributed by atoms with Crippen LogP contribution in [0.15, 0.2) is 18.2 Å². The Bertz CT molecular complexity index is 337. The first-order valence-corrected chi connectivity index (χ1v) is 5.15. The third-order valence-corrected chi connectivity index (χ3v) is 2.63. The van der Waals surface area contributed by atoms with E-state index in [1.54, 1.807) is 12.1 Å². The summed E-state index contributed by atoms with van der Waals surface area (Å²) in [7, 11) is 0. The molecule has 1 aromatic rings. The van der Waals surface area contributed by atoms with Gasteiger partial charge in [0.1, 0.15) is 5.82 Å². The Labute approximate surface area is 88.4 Å². The number of rotatable bonds is 2. The topological polar surface area (TPSA) is 47.3 Å². The monoisotopic (exact) mass is 210 g/mol. The molecule has 0 aromatic heterocycles. The molecular formula is C11H15FN2O. The first-order valence-electron chi connectivity index (χ1n) is 5.15. The summed E-state index contributed by atoms with van der Waals surface area (Å²) in [5, 5.41) is 3.24. The second kappa shape index (κ2) is 4.49. The minimum Gasteiger partial charge on any atom is -0.395 e. The van der Waals surface area contributed by atoms with Gasteiger partial charge >= 0.3 is 0 Å². The van der Waals surface area contributed by atoms with Crippen molar-refractivity contribution in [1.82, 2.24) is 0 Å². The van der Waals surface area contributed by atoms with Crippen molar-refractivity contribution in [3.05, 3.63) is 24.0 Å². The molecule has 2 rings (SSSR count). The zero-order chi connectivity index (χ0) is 10.7. The Kier molecular flexibility index (Phi) is 3.06. The second-order valence-corrected chi connectivity index (χ2v) is 3.73. The predicted octanol–water partition coefficient (Wildman–Crippen LogP) is 2.00. The maximum atomic E-state index is 13.1. The number of nitrogen functional groups attached to an aromatic ring is 1. The van der Waals surface area contributed by atoms with Crippen LogP contribution in [0.1, 0.15) is 12.8 Å². The Morgan fingerprint density at radius 2 is 2.07 bits per heavy atom. The van der Waals surface area contributed by atoms with Crippen LogP contribution in [0.4, 0.5) is 15.8 Å². The maximum absolute atomic E-state index is 13.1. The number of halogens is 1. The van der Waals surface area contributed by atoms with Crippen LogP contribution < -0.4 is 11.1 Å². The number of ether oxygens (including phenoxy) is 1. The summed E-state index contributed by atoms with van der Waals surface area (Å²) < 4.78 is 18.4. The zero-order valence-corrected chi connectivity index (χ0v) is 8.50. The SMILES string of the molecule is Nc1c(F)cccc1NC1CCOCC1. The van der Waals surface area contributed by atoms with Gasteiger partial charge in [0.15, 0.2) is 0 Å². The molecule has 82 valence electrons. The molecule has 3 nitrogen and oxygen atoms in total. The van der Waals surface area contributed by atoms with Crippen LogP contribution in [0.3, 0.4) is 0 Å². The van der Waals surface area contributed by atoms with Gasteiger partial charge < -0.3 is 15.8 Å². The molecule has 3 N–H and O–H groups in total. The largest absolute Gasteiger partial charge is 0.395 e. The van der Waals surface area contributed by atoms with Crippen LogP contribution in [0, 0.1) is 5.82 Å². The standard InChI is InChI=1S/C11H15FN2O/c12-9-2-1-3-10(11(9)13)14-8-4-6-15-7-5-8/h1-3,8,14H,4-7,13H2. The van der Waals surface area contributed by atoms with E-state index in [1.165, 1.54) is 6.07 Å². The number of anilines is 2. The molecule has 0 bridgehead atoms. The van der Waals surface area contributed by atoms with Gasteiger partial charge in [-0.3, -0.25) is 0 Å². The minimum absolute atomic E-state index is 0.198. The van der Waals surface area contributed by atoms with E-state index < -0.39 is 0 Å². The van der Waals surface area contributed by atoms with Crippen molar-refractivity contribution in [2.24, 2.45) is 0 Å². The van der Waals surface area contributed by atoms with Crippen molar-refractivity contribution >= 4 is 11.4 Å². The summed E-state index contributed by atoms with van der Waals surface area (Å²) in [4.78, 5) is 0. The molecule has 1 aliphatic heterocycles. The Morgan fingerprint density at radius 3 is 2.80 bits per heavy atom. The Hall–Kier alpha value is -1.29. The molecule has 15 heavy (non-hydrogen) atoms. The summed E-state index contributed by atoms with van der Waals surface area (Å²) in [6.45, 7) is 1.51. The average molecular weight is 210 g/mol. The van der Waals surface area contributed by atoms with E-state index in [0.717, 1.165) is 26.1 Å². The molecule has 1 saturated heterocycles. The molecule has 0 amide bonds. The molecule has 4 heteroatoms. The molecule has 0 spiro atoms. The Balaban J connectivity index is 2.06. The van der Waals surface area contributed by atoms with Gasteiger partial charge in [-0.15, -0.1) is 0 Å². The lowest BCUT2D eigenvalue weighted by Crippen LogP contribution is -2.28. The summed E-state index contributed by atoms with van der Waals surface area (Å²) in [6, 6.07) is 5.16. The number of nitrogens with two attached hydrogens (primary N) is 1. The second-order valence-electron chi connectivity index (χ2n) is 3.73. The highest BCUT2D eigenvalue weighted by Crippen LogP contribution is 2.23. The maximum Gasteiger partial charge on any atom is 0.148 e. The molecule has 1 aliphatic rings. The number of hydrogen-bond donors (Lipinski definition) is 2. The van der Waals surface area contributed by atoms with Crippen molar-refractivity contribution in [3.8, 4) is 0 Å². The first kappa shape index (κ1) is 10.2. The molecule has 0 radical (unpaired) electrons. The van der Waals surface area contributed by atoms with Crippen LogP contribution in [-0.4, -0.2) is 19.3 Å². The van der Waals surface area contributed by atoms with E-state index in [0.29, 0.717) is 11.7 Å². The molecule has 1 aromatic carbocycles. The van der Waals surface area contributed by atoms with Gasteiger partial charge in [0.2, 0.25) is 0 Å². The van der Waals surface area contributed by atoms with Crippen LogP contribution in [0.5, 0.6) is 0 Å². The number of nitrogens with one attached hydrogen (secondary N) is 1. The fourth-order valence-electron chi connectivity index (χ4n) is 1.72. The summed E-state index contributed by atoms with van der Waals surface area (Å²) in [5.74, 6) is -0.368. The first-order chi connectivity index (χ1) is 7.27. The Morgan fingerprint density at radius 1 is 1.33 bits per heavy atom. The lowest BCUT2D eigenvalue weighted by Gasteiger charge is -2.24. The smallest absolute Gasteiger partial charge is 0.148 e. The van der Waals surface area contributed by atoms with Crippen molar-refractivity contribution in [2.75, 3.05) is 24.3 Å². The summed E-state index contributed by atoms with van der Waals surface area (Å²) >= 11 is 0. The molecular weight excluding hydrogens is 195 g/mol. The fraction of sp³-hybridized carbons (Fsp3) is 0.455. The van der Waals surface area contributed by atoms with Crippen molar-refractivity contribution < 1.29 is 9.13 Å². The zero-order valence-electron chi connectivity index (χ0n) is 8.50. The number of hydrogen-bond acceptors (Lipinski definition) is 3. The van der Waals surface area contributed by atoms with E-state index in [1.807, 2.05) is 0 Å². The predicted molar refractivity (Wildman–Crippen MR) is 58.3 cm³/mol. The highest BCUT2D eigenvalue weighted by Gasteiger charge is 2.14. The lowest BCUT2D eigenvalue weighted by atomic mass is 10.1. The van der Waals surface area contributed by atoms with Crippen molar-refractivity contribution in [3.63, 3.8) is 0 Å². The van der Waals surface area contributed by atoms with Crippen molar-refractivity contribution in [1.29, 1.82) is 0 Å². The van der Waals surface area contributed by atoms with E-state index in [9.17, 15) is 4.39 Å². The van der Waals surface area contributed by atoms with E-state index in [2.05, 4.69) is 5.32 Å². The highest BCUT2D eigenvalue weighted by molar-refractivity contribution is 5.66. The number of benzene rings is 1. The van der Waals surface area contributed by atoms with E-state index in [-0.39, 0.29) is 11.5 Å². The van der Waals surface area contributed by atoms with Gasteiger partial charge in [-0.05, 0) is 25.0 Å². The van der Waals surface area contributed by atoms with Gasteiger partial charge in [-0.1, -0.05) is 6.07 Å². The van der Waals surface area contributed by atoms with Gasteiger partial charge in [-0.25, -0.2) is 4.39 Å². The van der Waals surface area contributed by atoms with Crippen LogP contribution in [0.25, 0.3) is 0 Å². The lowest BCUT2D eigenvalue weighted by molar-refractivity contribution is 0.0904. The molecule has 1 fully saturated rings. The van der Waals surface area contributed by atoms with Crippen molar-refractivity contribution in [2.45, 2.75) is 18.9 Å². The highest BCUT2D eigenvalue weighted by atomic mass is 19.1. The molecule has 0 aliphatic carbocycles. The van der Waals surface area contributed by atoms with Gasteiger partial charge in [-0.2, -0.15) is 0 Å². The van der Waals surface area contributed by atoms with Gasteiger partial charge in [0.05, 0.1) is 11.4 Å². The quantitative estimate of drug-likeness (QED) is 0.734. The molecule has 0 saturated carbocycles. The third-order valence-electron chi connectivity index (χ3n) is 2.63. The normalized spacial score (nSPS) is 17.7. The molecule has 1 heterocycles. The van der Waals surface area contributed by atoms with E-state index >= 15 is 0 Å². The number of para-hydroxylation sites is 1. The van der Waals surface area contributed by atoms with Gasteiger partial charge in [0.25, 0.3) is 0 Å².